The van der Waals surface area contributed by atoms with Crippen molar-refractivity contribution in [3.63, 3.8) is 0 Å². The molecule has 0 heterocycles. The predicted molar refractivity (Wildman–Crippen MR) is 36.9 cm³/mol. The fourth-order valence-corrected chi connectivity index (χ4v) is 0.756. The summed E-state index contributed by atoms with van der Waals surface area (Å²) in [7, 11) is 0. The Kier molecular flexibility index (Phi) is 3.90. The molecule has 0 aliphatic rings. The predicted octanol–water partition coefficient (Wildman–Crippen LogP) is 1.32. The third kappa shape index (κ3) is 3.43. The third-order valence-corrected chi connectivity index (χ3v) is 1.26. The van der Waals surface area contributed by atoms with E-state index in [-0.39, 0.29) is 6.61 Å². The van der Waals surface area contributed by atoms with Gasteiger partial charge in [0.25, 0.3) is 0 Å². The summed E-state index contributed by atoms with van der Waals surface area (Å²) in [6, 6.07) is 0. The Morgan fingerprint density at radius 3 is 2.08 bits per heavy atom. The Morgan fingerprint density at radius 2 is 1.85 bits per heavy atom. The van der Waals surface area contributed by atoms with Crippen LogP contribution in [0.2, 0.25) is 0 Å². The number of ketones is 1. The number of rotatable bonds is 3. The molecular formula is C7H9F3O3. The van der Waals surface area contributed by atoms with Gasteiger partial charge in [0, 0.05) is 0 Å². The second-order valence-electron chi connectivity index (χ2n) is 2.34. The van der Waals surface area contributed by atoms with Crippen molar-refractivity contribution in [3.05, 3.63) is 0 Å². The van der Waals surface area contributed by atoms with Gasteiger partial charge in [-0.3, -0.25) is 9.59 Å². The number of alkyl halides is 3. The molecule has 76 valence electrons. The molecule has 6 heteroatoms. The molecule has 0 radical (unpaired) electrons. The summed E-state index contributed by atoms with van der Waals surface area (Å²) in [6.07, 6.45) is -4.86. The minimum absolute atomic E-state index is 0.182. The van der Waals surface area contributed by atoms with Crippen LogP contribution in [-0.2, 0) is 14.3 Å². The second kappa shape index (κ2) is 4.25. The van der Waals surface area contributed by atoms with Crippen molar-refractivity contribution >= 4 is 11.8 Å². The average Bonchev–Trinajstić information content (AvgIpc) is 1.82. The largest absolute Gasteiger partial charge is 0.465 e. The Morgan fingerprint density at radius 1 is 1.38 bits per heavy atom. The Labute approximate surface area is 72.9 Å². The maximum atomic E-state index is 12.0. The van der Waals surface area contributed by atoms with Crippen molar-refractivity contribution in [2.75, 3.05) is 6.61 Å². The van der Waals surface area contributed by atoms with Crippen molar-refractivity contribution in [1.82, 2.24) is 0 Å². The molecule has 0 aromatic rings. The van der Waals surface area contributed by atoms with Crippen LogP contribution in [0.15, 0.2) is 0 Å². The number of carbonyl (C=O) groups is 2. The van der Waals surface area contributed by atoms with Crippen molar-refractivity contribution < 1.29 is 27.5 Å². The number of ether oxygens (including phenoxy) is 1. The van der Waals surface area contributed by atoms with Gasteiger partial charge in [0.05, 0.1) is 6.61 Å². The molecule has 0 saturated heterocycles. The monoisotopic (exact) mass is 198 g/mol. The van der Waals surface area contributed by atoms with Gasteiger partial charge < -0.3 is 4.74 Å². The number of carbonyl (C=O) groups excluding carboxylic acids is 2. The molecule has 1 atom stereocenters. The molecule has 0 amide bonds. The lowest BCUT2D eigenvalue weighted by Crippen LogP contribution is -2.37. The average molecular weight is 198 g/mol. The molecule has 0 fully saturated rings. The number of halogens is 3. The normalized spacial score (nSPS) is 13.6. The fraction of sp³-hybridized carbons (Fsp3) is 0.714. The van der Waals surface area contributed by atoms with Gasteiger partial charge in [-0.05, 0) is 13.8 Å². The number of hydrogen-bond acceptors (Lipinski definition) is 3. The smallest absolute Gasteiger partial charge is 0.409 e. The van der Waals surface area contributed by atoms with Gasteiger partial charge in [-0.25, -0.2) is 0 Å². The minimum atomic E-state index is -4.86. The van der Waals surface area contributed by atoms with Crippen LogP contribution in [0.4, 0.5) is 13.2 Å². The maximum Gasteiger partial charge on any atom is 0.409 e. The quantitative estimate of drug-likeness (QED) is 0.507. The zero-order chi connectivity index (χ0) is 10.6. The van der Waals surface area contributed by atoms with E-state index >= 15 is 0 Å². The lowest BCUT2D eigenvalue weighted by Gasteiger charge is -2.15. The second-order valence-corrected chi connectivity index (χ2v) is 2.34. The first-order valence-electron chi connectivity index (χ1n) is 3.54. The molecule has 0 spiro atoms. The maximum absolute atomic E-state index is 12.0. The number of Topliss-reactive ketones (excluding diaryl/α,β-unsaturated/α-hetero) is 1. The highest BCUT2D eigenvalue weighted by Crippen LogP contribution is 2.27. The summed E-state index contributed by atoms with van der Waals surface area (Å²) in [5.41, 5.74) is 0. The van der Waals surface area contributed by atoms with Gasteiger partial charge in [-0.1, -0.05) is 0 Å². The van der Waals surface area contributed by atoms with Gasteiger partial charge in [0.15, 0.2) is 5.78 Å². The molecule has 13 heavy (non-hydrogen) atoms. The van der Waals surface area contributed by atoms with Gasteiger partial charge in [-0.15, -0.1) is 0 Å². The lowest BCUT2D eigenvalue weighted by atomic mass is 10.1. The minimum Gasteiger partial charge on any atom is -0.465 e. The standard InChI is InChI=1S/C7H9F3O3/c1-3-13-6(12)5(4(2)11)7(8,9)10/h5H,3H2,1-2H3. The van der Waals surface area contributed by atoms with Crippen LogP contribution in [0.5, 0.6) is 0 Å². The summed E-state index contributed by atoms with van der Waals surface area (Å²) in [5.74, 6) is -5.44. The zero-order valence-electron chi connectivity index (χ0n) is 7.14. The Bertz CT molecular complexity index is 210. The van der Waals surface area contributed by atoms with Crippen LogP contribution >= 0.6 is 0 Å². The highest BCUT2D eigenvalue weighted by molar-refractivity contribution is 5.98. The first kappa shape index (κ1) is 11.9. The highest BCUT2D eigenvalue weighted by Gasteiger charge is 2.49. The third-order valence-electron chi connectivity index (χ3n) is 1.26. The van der Waals surface area contributed by atoms with Crippen molar-refractivity contribution in [2.24, 2.45) is 5.92 Å². The SMILES string of the molecule is CCOC(=O)C(C(C)=O)C(F)(F)F. The van der Waals surface area contributed by atoms with Gasteiger partial charge in [0.2, 0.25) is 5.92 Å². The summed E-state index contributed by atoms with van der Waals surface area (Å²) >= 11 is 0. The van der Waals surface area contributed by atoms with Crippen LogP contribution in [0.1, 0.15) is 13.8 Å². The summed E-state index contributed by atoms with van der Waals surface area (Å²) in [5, 5.41) is 0. The van der Waals surface area contributed by atoms with Crippen LogP contribution in [0.3, 0.4) is 0 Å². The van der Waals surface area contributed by atoms with Crippen LogP contribution in [0.25, 0.3) is 0 Å². The van der Waals surface area contributed by atoms with Gasteiger partial charge in [0.1, 0.15) is 0 Å². The van der Waals surface area contributed by atoms with E-state index in [1.54, 1.807) is 0 Å². The van der Waals surface area contributed by atoms with Crippen LogP contribution in [0, 0.1) is 5.92 Å². The van der Waals surface area contributed by atoms with Crippen LogP contribution < -0.4 is 0 Å². The molecule has 0 aromatic heterocycles. The molecule has 3 nitrogen and oxygen atoms in total. The van der Waals surface area contributed by atoms with E-state index in [9.17, 15) is 22.8 Å². The molecule has 0 rings (SSSR count). The first-order chi connectivity index (χ1) is 5.80. The first-order valence-corrected chi connectivity index (χ1v) is 3.54. The molecule has 0 N–H and O–H groups in total. The molecule has 0 aromatic carbocycles. The van der Waals surface area contributed by atoms with E-state index in [1.165, 1.54) is 6.92 Å². The number of esters is 1. The Hall–Kier alpha value is -1.07. The van der Waals surface area contributed by atoms with E-state index in [0.717, 1.165) is 0 Å². The summed E-state index contributed by atoms with van der Waals surface area (Å²) in [4.78, 5) is 21.2. The fourth-order valence-electron chi connectivity index (χ4n) is 0.756. The van der Waals surface area contributed by atoms with Crippen LogP contribution in [-0.4, -0.2) is 24.5 Å². The topological polar surface area (TPSA) is 43.4 Å². The summed E-state index contributed by atoms with van der Waals surface area (Å²) < 4.78 is 40.2. The van der Waals surface area contributed by atoms with Gasteiger partial charge >= 0.3 is 12.1 Å². The van der Waals surface area contributed by atoms with E-state index in [0.29, 0.717) is 6.92 Å². The molecule has 0 aliphatic heterocycles. The molecule has 0 aliphatic carbocycles. The molecule has 1 unspecified atom stereocenters. The summed E-state index contributed by atoms with van der Waals surface area (Å²) in [6.45, 7) is 1.89. The van der Waals surface area contributed by atoms with Crippen molar-refractivity contribution in [2.45, 2.75) is 20.0 Å². The van der Waals surface area contributed by atoms with E-state index < -0.39 is 23.8 Å². The number of hydrogen-bond donors (Lipinski definition) is 0. The van der Waals surface area contributed by atoms with E-state index in [4.69, 9.17) is 0 Å². The molecular weight excluding hydrogens is 189 g/mol. The lowest BCUT2D eigenvalue weighted by molar-refractivity contribution is -0.197. The molecule has 0 bridgehead atoms. The highest BCUT2D eigenvalue weighted by atomic mass is 19.4. The van der Waals surface area contributed by atoms with Gasteiger partial charge in [-0.2, -0.15) is 13.2 Å². The molecule has 0 saturated carbocycles. The van der Waals surface area contributed by atoms with E-state index in [2.05, 4.69) is 4.74 Å². The Balaban J connectivity index is 4.63. The van der Waals surface area contributed by atoms with E-state index in [1.807, 2.05) is 0 Å². The zero-order valence-corrected chi connectivity index (χ0v) is 7.14. The van der Waals surface area contributed by atoms with Crippen molar-refractivity contribution in [3.8, 4) is 0 Å². The van der Waals surface area contributed by atoms with Crippen molar-refractivity contribution in [1.29, 1.82) is 0 Å².